The van der Waals surface area contributed by atoms with Crippen molar-refractivity contribution in [1.82, 2.24) is 15.5 Å². The Balaban J connectivity index is 1.47. The lowest BCUT2D eigenvalue weighted by Crippen LogP contribution is -2.65. The van der Waals surface area contributed by atoms with Gasteiger partial charge in [0.05, 0.1) is 17.6 Å². The monoisotopic (exact) mass is 620 g/mol. The number of hydrogen-bond donors (Lipinski definition) is 3. The van der Waals surface area contributed by atoms with Crippen LogP contribution >= 0.6 is 0 Å². The number of hydrogen-bond acceptors (Lipinski definition) is 7. The summed E-state index contributed by atoms with van der Waals surface area (Å²) in [4.78, 5) is 42.2. The molecule has 0 radical (unpaired) electrons. The van der Waals surface area contributed by atoms with Crippen molar-refractivity contribution >= 4 is 33.1 Å². The summed E-state index contributed by atoms with van der Waals surface area (Å²) in [6.45, 7) is 19.8. The van der Waals surface area contributed by atoms with E-state index >= 15 is 0 Å². The van der Waals surface area contributed by atoms with E-state index in [1.54, 1.807) is 25.7 Å². The quantitative estimate of drug-likeness (QED) is 0.234. The van der Waals surface area contributed by atoms with E-state index < -0.39 is 39.0 Å². The maximum atomic E-state index is 13.9. The SMILES string of the molecule is CC(C)(C)OC(=O)N[C@H](C[Si](C)(C)C)C(=O)N1CCC[C@H]1C(=O)N[C@@H](CCCCN)B1O[C@@H]2CC3C[C@@H](C3(C)C)[C@]2(C)O1. The topological polar surface area (TPSA) is 132 Å². The van der Waals surface area contributed by atoms with E-state index in [2.05, 4.69) is 51.0 Å². The van der Waals surface area contributed by atoms with Gasteiger partial charge in [-0.05, 0) is 96.1 Å². The molecule has 2 heterocycles. The van der Waals surface area contributed by atoms with Crippen molar-refractivity contribution in [2.45, 2.75) is 148 Å². The molecule has 2 saturated heterocycles. The number of nitrogens with zero attached hydrogens (tertiary/aromatic N) is 1. The van der Waals surface area contributed by atoms with E-state index in [9.17, 15) is 14.4 Å². The van der Waals surface area contributed by atoms with Crippen molar-refractivity contribution in [1.29, 1.82) is 0 Å². The van der Waals surface area contributed by atoms with Crippen LogP contribution in [-0.4, -0.2) is 86.4 Å². The van der Waals surface area contributed by atoms with Gasteiger partial charge in [-0.15, -0.1) is 0 Å². The number of nitrogens with two attached hydrogens (primary N) is 1. The summed E-state index contributed by atoms with van der Waals surface area (Å²) in [5.74, 6) is 0.318. The fraction of sp³-hybridized carbons (Fsp3) is 0.903. The molecule has 0 aromatic carbocycles. The second-order valence-electron chi connectivity index (χ2n) is 16.4. The molecule has 0 spiro atoms. The van der Waals surface area contributed by atoms with Crippen LogP contribution in [0, 0.1) is 17.3 Å². The normalized spacial score (nSPS) is 31.1. The van der Waals surface area contributed by atoms with Crippen LogP contribution in [0.5, 0.6) is 0 Å². The Morgan fingerprint density at radius 3 is 2.42 bits per heavy atom. The number of nitrogens with one attached hydrogen (secondary N) is 2. The van der Waals surface area contributed by atoms with Gasteiger partial charge in [0.25, 0.3) is 0 Å². The first-order valence-electron chi connectivity index (χ1n) is 16.5. The van der Waals surface area contributed by atoms with Crippen molar-refractivity contribution in [3.05, 3.63) is 0 Å². The second kappa shape index (κ2) is 12.6. The van der Waals surface area contributed by atoms with Gasteiger partial charge in [0, 0.05) is 14.6 Å². The standard InChI is InChI=1S/C31H57BN4O6Si/c1-29(2,3)40-28(39)34-21(19-43(7,8)9)27(38)36-16-12-13-22(36)26(37)35-25(14-10-11-15-33)32-41-24-18-20-17-23(30(20,4)5)31(24,6)42-32/h20-25H,10-19,33H2,1-9H3,(H,34,39)(H,35,37)/t20?,21-,22+,23+,24-,25+,31+/m1/s1. The molecule has 244 valence electrons. The Hall–Kier alpha value is -1.63. The van der Waals surface area contributed by atoms with Crippen LogP contribution in [-0.2, 0) is 23.6 Å². The lowest BCUT2D eigenvalue weighted by atomic mass is 9.43. The zero-order valence-electron chi connectivity index (χ0n) is 28.1. The van der Waals surface area contributed by atoms with Gasteiger partial charge in [0.1, 0.15) is 17.7 Å². The smallest absolute Gasteiger partial charge is 0.444 e. The van der Waals surface area contributed by atoms with Gasteiger partial charge in [-0.2, -0.15) is 0 Å². The molecule has 0 aromatic rings. The third-order valence-electron chi connectivity index (χ3n) is 10.2. The Kier molecular flexibility index (Phi) is 10.1. The number of ether oxygens (including phenoxy) is 1. The van der Waals surface area contributed by atoms with Crippen LogP contribution < -0.4 is 16.4 Å². The molecule has 4 N–H and O–H groups in total. The van der Waals surface area contributed by atoms with Gasteiger partial charge in [-0.3, -0.25) is 9.59 Å². The minimum atomic E-state index is -1.77. The summed E-state index contributed by atoms with van der Waals surface area (Å²) in [6.07, 6.45) is 5.22. The first kappa shape index (κ1) is 34.2. The third-order valence-corrected chi connectivity index (χ3v) is 11.9. The van der Waals surface area contributed by atoms with Gasteiger partial charge in [0.2, 0.25) is 11.8 Å². The Morgan fingerprint density at radius 1 is 1.12 bits per heavy atom. The molecule has 10 nitrogen and oxygen atoms in total. The molecular weight excluding hydrogens is 563 g/mol. The van der Waals surface area contributed by atoms with E-state index in [-0.39, 0.29) is 34.9 Å². The van der Waals surface area contributed by atoms with Crippen LogP contribution in [0.15, 0.2) is 0 Å². The van der Waals surface area contributed by atoms with Gasteiger partial charge < -0.3 is 35.3 Å². The zero-order chi connectivity index (χ0) is 32.0. The first-order valence-corrected chi connectivity index (χ1v) is 20.2. The molecule has 12 heteroatoms. The van der Waals surface area contributed by atoms with Crippen LogP contribution in [0.3, 0.4) is 0 Å². The second-order valence-corrected chi connectivity index (χ2v) is 21.9. The van der Waals surface area contributed by atoms with E-state index in [1.807, 2.05) is 0 Å². The van der Waals surface area contributed by atoms with E-state index in [4.69, 9.17) is 19.8 Å². The average molecular weight is 621 g/mol. The van der Waals surface area contributed by atoms with Gasteiger partial charge in [0.15, 0.2) is 0 Å². The highest BCUT2D eigenvalue weighted by Gasteiger charge is 2.68. The third kappa shape index (κ3) is 7.61. The number of carbonyl (C=O) groups excluding carboxylic acids is 3. The van der Waals surface area contributed by atoms with Gasteiger partial charge >= 0.3 is 13.2 Å². The Bertz CT molecular complexity index is 1050. The van der Waals surface area contributed by atoms with Crippen molar-refractivity contribution in [3.63, 3.8) is 0 Å². The summed E-state index contributed by atoms with van der Waals surface area (Å²) in [5.41, 5.74) is 4.98. The summed E-state index contributed by atoms with van der Waals surface area (Å²) in [6, 6.07) is -0.797. The highest BCUT2D eigenvalue weighted by atomic mass is 28.3. The highest BCUT2D eigenvalue weighted by molar-refractivity contribution is 6.76. The van der Waals surface area contributed by atoms with Crippen molar-refractivity contribution in [2.24, 2.45) is 23.0 Å². The number of carbonyl (C=O) groups is 3. The Labute approximate surface area is 260 Å². The summed E-state index contributed by atoms with van der Waals surface area (Å²) >= 11 is 0. The number of amides is 3. The fourth-order valence-corrected chi connectivity index (χ4v) is 9.40. The molecule has 7 atom stereocenters. The van der Waals surface area contributed by atoms with Crippen LogP contribution in [0.25, 0.3) is 0 Å². The van der Waals surface area contributed by atoms with E-state index in [0.29, 0.717) is 43.8 Å². The van der Waals surface area contributed by atoms with Crippen molar-refractivity contribution in [3.8, 4) is 0 Å². The number of unbranched alkanes of at least 4 members (excludes halogenated alkanes) is 1. The lowest BCUT2D eigenvalue weighted by Gasteiger charge is -2.64. The molecule has 5 rings (SSSR count). The lowest BCUT2D eigenvalue weighted by molar-refractivity contribution is -0.199. The molecule has 3 amide bonds. The molecule has 0 aromatic heterocycles. The zero-order valence-corrected chi connectivity index (χ0v) is 29.1. The molecule has 3 saturated carbocycles. The molecule has 5 fully saturated rings. The van der Waals surface area contributed by atoms with Crippen molar-refractivity contribution in [2.75, 3.05) is 13.1 Å². The number of alkyl carbamates (subject to hydrolysis) is 1. The fourth-order valence-electron chi connectivity index (χ4n) is 7.90. The molecule has 3 aliphatic carbocycles. The van der Waals surface area contributed by atoms with Gasteiger partial charge in [-0.1, -0.05) is 39.9 Å². The maximum Gasteiger partial charge on any atom is 0.481 e. The van der Waals surface area contributed by atoms with E-state index in [1.165, 1.54) is 0 Å². The predicted molar refractivity (Wildman–Crippen MR) is 171 cm³/mol. The molecule has 5 aliphatic rings. The molecular formula is C31H57BN4O6Si. The van der Waals surface area contributed by atoms with Crippen LogP contribution in [0.2, 0.25) is 25.7 Å². The number of likely N-dealkylation sites (tertiary alicyclic amines) is 1. The largest absolute Gasteiger partial charge is 0.481 e. The highest BCUT2D eigenvalue weighted by Crippen LogP contribution is 2.65. The van der Waals surface area contributed by atoms with Gasteiger partial charge in [-0.25, -0.2) is 4.79 Å². The van der Waals surface area contributed by atoms with E-state index in [0.717, 1.165) is 32.1 Å². The first-order chi connectivity index (χ1) is 19.9. The predicted octanol–water partition coefficient (Wildman–Crippen LogP) is 4.09. The molecule has 2 bridgehead atoms. The van der Waals surface area contributed by atoms with Crippen LogP contribution in [0.4, 0.5) is 4.79 Å². The Morgan fingerprint density at radius 2 is 1.81 bits per heavy atom. The summed E-state index contributed by atoms with van der Waals surface area (Å²) < 4.78 is 18.8. The molecule has 2 aliphatic heterocycles. The molecule has 43 heavy (non-hydrogen) atoms. The minimum Gasteiger partial charge on any atom is -0.444 e. The molecule has 1 unspecified atom stereocenters. The minimum absolute atomic E-state index is 0.0222. The van der Waals surface area contributed by atoms with Crippen molar-refractivity contribution < 1.29 is 28.4 Å². The van der Waals surface area contributed by atoms with Crippen LogP contribution in [0.1, 0.15) is 86.5 Å². The maximum absolute atomic E-state index is 13.9. The summed E-state index contributed by atoms with van der Waals surface area (Å²) in [7, 11) is -2.30. The average Bonchev–Trinajstić information content (AvgIpc) is 3.49. The summed E-state index contributed by atoms with van der Waals surface area (Å²) in [5, 5.41) is 6.08. The number of rotatable bonds is 11.